The zero-order valence-corrected chi connectivity index (χ0v) is 12.9. The topological polar surface area (TPSA) is 12.0 Å². The lowest BCUT2D eigenvalue weighted by Gasteiger charge is -2.39. The smallest absolute Gasteiger partial charge is 0.381 e. The molecule has 1 unspecified atom stereocenters. The van der Waals surface area contributed by atoms with E-state index < -0.39 is 11.7 Å². The number of alkyl halides is 3. The lowest BCUT2D eigenvalue weighted by atomic mass is 9.82. The first-order chi connectivity index (χ1) is 9.20. The lowest BCUT2D eigenvalue weighted by molar-refractivity contribution is -0.137. The second-order valence-corrected chi connectivity index (χ2v) is 7.26. The van der Waals surface area contributed by atoms with Crippen molar-refractivity contribution in [3.8, 4) is 0 Å². The van der Waals surface area contributed by atoms with Crippen molar-refractivity contribution in [2.75, 3.05) is 16.8 Å². The van der Waals surface area contributed by atoms with Gasteiger partial charge in [-0.25, -0.2) is 0 Å². The van der Waals surface area contributed by atoms with Crippen molar-refractivity contribution < 1.29 is 13.2 Å². The first kappa shape index (κ1) is 15.8. The summed E-state index contributed by atoms with van der Waals surface area (Å²) in [6, 6.07) is 4.16. The number of benzene rings is 1. The molecule has 0 saturated carbocycles. The molecule has 112 valence electrons. The molecule has 1 saturated heterocycles. The quantitative estimate of drug-likeness (QED) is 0.792. The highest BCUT2D eigenvalue weighted by atomic mass is 35.5. The molecule has 0 aliphatic carbocycles. The molecule has 1 aromatic carbocycles. The Labute approximate surface area is 126 Å². The summed E-state index contributed by atoms with van der Waals surface area (Å²) < 4.78 is 38.5. The summed E-state index contributed by atoms with van der Waals surface area (Å²) in [5.41, 5.74) is -0.240. The fourth-order valence-electron chi connectivity index (χ4n) is 2.21. The van der Waals surface area contributed by atoms with Crippen LogP contribution in [0.15, 0.2) is 18.2 Å². The second kappa shape index (κ2) is 5.68. The van der Waals surface area contributed by atoms with Crippen molar-refractivity contribution in [1.82, 2.24) is 0 Å². The molecule has 0 radical (unpaired) electrons. The molecule has 1 atom stereocenters. The van der Waals surface area contributed by atoms with Crippen LogP contribution >= 0.6 is 23.4 Å². The monoisotopic (exact) mass is 323 g/mol. The fraction of sp³-hybridized carbons (Fsp3) is 0.571. The van der Waals surface area contributed by atoms with Crippen molar-refractivity contribution in [1.29, 1.82) is 0 Å². The van der Waals surface area contributed by atoms with Crippen LogP contribution in [0.1, 0.15) is 25.8 Å². The first-order valence-electron chi connectivity index (χ1n) is 6.41. The molecule has 1 aromatic rings. The van der Waals surface area contributed by atoms with E-state index in [4.69, 9.17) is 11.6 Å². The highest BCUT2D eigenvalue weighted by Gasteiger charge is 2.35. The van der Waals surface area contributed by atoms with E-state index in [2.05, 4.69) is 19.2 Å². The third-order valence-electron chi connectivity index (χ3n) is 3.73. The molecule has 0 spiro atoms. The molecular weight excluding hydrogens is 307 g/mol. The number of nitrogens with one attached hydrogen (secondary N) is 1. The zero-order valence-electron chi connectivity index (χ0n) is 11.4. The van der Waals surface area contributed by atoms with Gasteiger partial charge in [-0.2, -0.15) is 24.9 Å². The van der Waals surface area contributed by atoms with Gasteiger partial charge in [-0.05, 0) is 35.8 Å². The standard InChI is InChI=1S/C14H17ClF3NS/c1-13(2)5-6-20-8-12(13)19-9-3-4-11(15)10(7-9)14(16,17)18/h3-4,7,12,19H,5-6,8H2,1-2H3. The average Bonchev–Trinajstić information content (AvgIpc) is 2.32. The van der Waals surface area contributed by atoms with E-state index in [-0.39, 0.29) is 16.5 Å². The van der Waals surface area contributed by atoms with Crippen LogP contribution in [0.4, 0.5) is 18.9 Å². The van der Waals surface area contributed by atoms with Crippen LogP contribution in [0.3, 0.4) is 0 Å². The Kier molecular flexibility index (Phi) is 4.50. The average molecular weight is 324 g/mol. The van der Waals surface area contributed by atoms with Crippen LogP contribution in [-0.4, -0.2) is 17.5 Å². The van der Waals surface area contributed by atoms with Gasteiger partial charge < -0.3 is 5.32 Å². The molecule has 0 bridgehead atoms. The second-order valence-electron chi connectivity index (χ2n) is 5.70. The van der Waals surface area contributed by atoms with Crippen LogP contribution < -0.4 is 5.32 Å². The first-order valence-corrected chi connectivity index (χ1v) is 7.94. The number of hydrogen-bond acceptors (Lipinski definition) is 2. The van der Waals surface area contributed by atoms with Gasteiger partial charge >= 0.3 is 6.18 Å². The normalized spacial score (nSPS) is 22.6. The molecule has 1 aliphatic heterocycles. The molecule has 0 aromatic heterocycles. The highest BCUT2D eigenvalue weighted by molar-refractivity contribution is 7.99. The maximum atomic E-state index is 12.8. The summed E-state index contributed by atoms with van der Waals surface area (Å²) in [6.07, 6.45) is -3.37. The van der Waals surface area contributed by atoms with E-state index in [1.807, 2.05) is 11.8 Å². The number of thioether (sulfide) groups is 1. The number of hydrogen-bond donors (Lipinski definition) is 1. The third-order valence-corrected chi connectivity index (χ3v) is 5.12. The molecule has 1 aliphatic rings. The maximum absolute atomic E-state index is 12.8. The van der Waals surface area contributed by atoms with Crippen molar-refractivity contribution in [3.63, 3.8) is 0 Å². The van der Waals surface area contributed by atoms with E-state index in [9.17, 15) is 13.2 Å². The van der Waals surface area contributed by atoms with Gasteiger partial charge in [0.2, 0.25) is 0 Å². The van der Waals surface area contributed by atoms with Crippen LogP contribution in [0.5, 0.6) is 0 Å². The number of halogens is 4. The Hall–Kier alpha value is -0.550. The summed E-state index contributed by atoms with van der Waals surface area (Å²) >= 11 is 7.45. The predicted molar refractivity (Wildman–Crippen MR) is 79.6 cm³/mol. The molecule has 0 amide bonds. The molecule has 2 rings (SSSR count). The van der Waals surface area contributed by atoms with E-state index in [0.29, 0.717) is 5.69 Å². The Morgan fingerprint density at radius 2 is 2.05 bits per heavy atom. The SMILES string of the molecule is CC1(C)CCSCC1Nc1ccc(Cl)c(C(F)(F)F)c1. The Morgan fingerprint density at radius 1 is 1.35 bits per heavy atom. The third kappa shape index (κ3) is 3.55. The maximum Gasteiger partial charge on any atom is 0.417 e. The van der Waals surface area contributed by atoms with Gasteiger partial charge in [-0.15, -0.1) is 0 Å². The Balaban J connectivity index is 2.22. The largest absolute Gasteiger partial charge is 0.417 e. The van der Waals surface area contributed by atoms with Gasteiger partial charge in [0, 0.05) is 17.5 Å². The van der Waals surface area contributed by atoms with Gasteiger partial charge in [0.1, 0.15) is 0 Å². The molecule has 1 nitrogen and oxygen atoms in total. The van der Waals surface area contributed by atoms with Gasteiger partial charge in [-0.3, -0.25) is 0 Å². The minimum Gasteiger partial charge on any atom is -0.381 e. The zero-order chi connectivity index (χ0) is 15.0. The van der Waals surface area contributed by atoms with E-state index in [1.165, 1.54) is 6.07 Å². The summed E-state index contributed by atoms with van der Waals surface area (Å²) in [5, 5.41) is 2.97. The molecule has 6 heteroatoms. The van der Waals surface area contributed by atoms with Crippen LogP contribution in [0.2, 0.25) is 5.02 Å². The molecule has 1 N–H and O–H groups in total. The summed E-state index contributed by atoms with van der Waals surface area (Å²) in [4.78, 5) is 0. The number of anilines is 1. The molecule has 1 heterocycles. The van der Waals surface area contributed by atoms with Crippen molar-refractivity contribution in [2.45, 2.75) is 32.5 Å². The fourth-order valence-corrected chi connectivity index (χ4v) is 4.04. The van der Waals surface area contributed by atoms with Gasteiger partial charge in [0.05, 0.1) is 10.6 Å². The van der Waals surface area contributed by atoms with E-state index in [1.54, 1.807) is 6.07 Å². The van der Waals surface area contributed by atoms with Gasteiger partial charge in [-0.1, -0.05) is 25.4 Å². The lowest BCUT2D eigenvalue weighted by Crippen LogP contribution is -2.41. The predicted octanol–water partition coefficient (Wildman–Crippen LogP) is 5.30. The van der Waals surface area contributed by atoms with Crippen molar-refractivity contribution in [2.24, 2.45) is 5.41 Å². The molecule has 1 fully saturated rings. The number of rotatable bonds is 2. The highest BCUT2D eigenvalue weighted by Crippen LogP contribution is 2.39. The van der Waals surface area contributed by atoms with Gasteiger partial charge in [0.15, 0.2) is 0 Å². The van der Waals surface area contributed by atoms with Crippen LogP contribution in [0.25, 0.3) is 0 Å². The van der Waals surface area contributed by atoms with Crippen molar-refractivity contribution in [3.05, 3.63) is 28.8 Å². The minimum absolute atomic E-state index is 0.0727. The summed E-state index contributed by atoms with van der Waals surface area (Å²) in [6.45, 7) is 4.29. The Bertz CT molecular complexity index is 488. The Morgan fingerprint density at radius 3 is 2.65 bits per heavy atom. The summed E-state index contributed by atoms with van der Waals surface area (Å²) in [7, 11) is 0. The van der Waals surface area contributed by atoms with E-state index >= 15 is 0 Å². The molecule has 20 heavy (non-hydrogen) atoms. The minimum atomic E-state index is -4.42. The molecular formula is C14H17ClF3NS. The van der Waals surface area contributed by atoms with Gasteiger partial charge in [0.25, 0.3) is 0 Å². The summed E-state index contributed by atoms with van der Waals surface area (Å²) in [5.74, 6) is 2.00. The van der Waals surface area contributed by atoms with Crippen LogP contribution in [0, 0.1) is 5.41 Å². The van der Waals surface area contributed by atoms with Crippen molar-refractivity contribution >= 4 is 29.1 Å². The van der Waals surface area contributed by atoms with Crippen LogP contribution in [-0.2, 0) is 6.18 Å². The van der Waals surface area contributed by atoms with E-state index in [0.717, 1.165) is 24.0 Å².